The molecule has 0 N–H and O–H groups in total. The molecular weight excluding hydrogens is 347 g/mol. The van der Waals surface area contributed by atoms with Crippen LogP contribution in [0.25, 0.3) is 0 Å². The van der Waals surface area contributed by atoms with E-state index in [1.54, 1.807) is 19.1 Å². The molecule has 1 aliphatic rings. The van der Waals surface area contributed by atoms with Crippen LogP contribution >= 0.6 is 11.3 Å². The molecule has 5 heteroatoms. The summed E-state index contributed by atoms with van der Waals surface area (Å²) in [6.07, 6.45) is 8.37. The Hall–Kier alpha value is 0.691. The van der Waals surface area contributed by atoms with Crippen LogP contribution in [0, 0.1) is 0 Å². The molecule has 0 atom stereocenters. The van der Waals surface area contributed by atoms with Gasteiger partial charge >= 0.3 is 122 Å². The largest absolute Gasteiger partial charge is 1.00 e. The molecule has 0 spiro atoms. The van der Waals surface area contributed by atoms with Gasteiger partial charge in [-0.2, -0.15) is 0 Å². The summed E-state index contributed by atoms with van der Waals surface area (Å²) < 4.78 is 3.29. The van der Waals surface area contributed by atoms with Gasteiger partial charge < -0.3 is 24.8 Å². The third-order valence-corrected chi connectivity index (χ3v) is 10.5. The fraction of sp³-hybridized carbons (Fsp3) is 0.429. The molecule has 0 saturated heterocycles. The summed E-state index contributed by atoms with van der Waals surface area (Å²) in [7, 11) is -1.43. The van der Waals surface area contributed by atoms with Crippen molar-refractivity contribution in [1.82, 2.24) is 0 Å². The fourth-order valence-electron chi connectivity index (χ4n) is 2.56. The fourth-order valence-corrected chi connectivity index (χ4v) is 9.39. The van der Waals surface area contributed by atoms with Crippen LogP contribution in [0.1, 0.15) is 25.3 Å². The molecule has 0 amide bonds. The second-order valence-electron chi connectivity index (χ2n) is 5.15. The van der Waals surface area contributed by atoms with Gasteiger partial charge in [-0.05, 0) is 0 Å². The van der Waals surface area contributed by atoms with Gasteiger partial charge in [-0.15, -0.1) is 0 Å². The summed E-state index contributed by atoms with van der Waals surface area (Å²) in [5.41, 5.74) is 1.61. The Balaban J connectivity index is 0.00000162. The predicted octanol–water partition coefficient (Wildman–Crippen LogP) is -2.08. The first-order valence-electron chi connectivity index (χ1n) is 6.26. The van der Waals surface area contributed by atoms with Crippen LogP contribution < -0.4 is 29.3 Å². The van der Waals surface area contributed by atoms with E-state index in [-0.39, 0.29) is 24.8 Å². The maximum Gasteiger partial charge on any atom is -1.00 e. The zero-order valence-electron chi connectivity index (χ0n) is 11.6. The Kier molecular flexibility index (Phi) is 8.51. The summed E-state index contributed by atoms with van der Waals surface area (Å²) in [4.78, 5) is 0. The number of halogens is 2. The van der Waals surface area contributed by atoms with Gasteiger partial charge in [0, 0.05) is 0 Å². The summed E-state index contributed by atoms with van der Waals surface area (Å²) in [5, 5.41) is 3.95. The van der Waals surface area contributed by atoms with Crippen molar-refractivity contribution in [3.05, 3.63) is 38.2 Å². The molecule has 0 saturated carbocycles. The number of hydrogen-bond donors (Lipinski definition) is 0. The van der Waals surface area contributed by atoms with Crippen molar-refractivity contribution >= 4 is 23.9 Å². The second-order valence-corrected chi connectivity index (χ2v) is 11.7. The molecule has 0 aromatic carbocycles. The van der Waals surface area contributed by atoms with Gasteiger partial charge in [-0.25, -0.2) is 0 Å². The van der Waals surface area contributed by atoms with Crippen molar-refractivity contribution in [2.75, 3.05) is 0 Å². The Morgan fingerprint density at radius 2 is 2.00 bits per heavy atom. The van der Waals surface area contributed by atoms with E-state index in [1.807, 2.05) is 11.3 Å². The van der Waals surface area contributed by atoms with Crippen LogP contribution in [0.15, 0.2) is 32.7 Å². The van der Waals surface area contributed by atoms with Crippen molar-refractivity contribution in [1.29, 1.82) is 0 Å². The molecule has 0 aliphatic heterocycles. The second kappa shape index (κ2) is 8.21. The summed E-state index contributed by atoms with van der Waals surface area (Å²) >= 11 is 4.28. The van der Waals surface area contributed by atoms with Crippen LogP contribution in [-0.4, -0.2) is 8.07 Å². The van der Waals surface area contributed by atoms with Crippen LogP contribution in [0.3, 0.4) is 0 Å². The third kappa shape index (κ3) is 4.09. The Morgan fingerprint density at radius 1 is 1.32 bits per heavy atom. The molecule has 1 heterocycles. The van der Waals surface area contributed by atoms with Gasteiger partial charge in [0.05, 0.1) is 0 Å². The van der Waals surface area contributed by atoms with Crippen LogP contribution in [0.4, 0.5) is 0 Å². The van der Waals surface area contributed by atoms with E-state index in [2.05, 4.69) is 64.1 Å². The number of rotatable bonds is 4. The first-order valence-corrected chi connectivity index (χ1v) is 10.9. The molecular formula is C14H19Cl2SSiTi. The van der Waals surface area contributed by atoms with Crippen LogP contribution in [-0.2, 0) is 26.9 Å². The first-order chi connectivity index (χ1) is 8.07. The smallest absolute Gasteiger partial charge is 1.00 e. The van der Waals surface area contributed by atoms with Gasteiger partial charge in [-0.1, -0.05) is 0 Å². The van der Waals surface area contributed by atoms with E-state index in [4.69, 9.17) is 0 Å². The van der Waals surface area contributed by atoms with Gasteiger partial charge in [0.2, 0.25) is 0 Å². The summed E-state index contributed by atoms with van der Waals surface area (Å²) in [6.45, 7) is 7.29. The molecule has 0 bridgehead atoms. The molecule has 0 nitrogen and oxygen atoms in total. The summed E-state index contributed by atoms with van der Waals surface area (Å²) in [6, 6.07) is 2.34. The zero-order chi connectivity index (χ0) is 12.5. The average molecular weight is 366 g/mol. The Bertz CT molecular complexity index is 478. The van der Waals surface area contributed by atoms with E-state index in [9.17, 15) is 0 Å². The van der Waals surface area contributed by atoms with Crippen LogP contribution in [0.2, 0.25) is 13.1 Å². The molecule has 1 aliphatic carbocycles. The van der Waals surface area contributed by atoms with Gasteiger partial charge in [0.1, 0.15) is 0 Å². The van der Waals surface area contributed by atoms with E-state index >= 15 is 0 Å². The van der Waals surface area contributed by atoms with E-state index in [1.165, 1.54) is 19.3 Å². The first kappa shape index (κ1) is 19.7. The normalized spacial score (nSPS) is 14.4. The van der Waals surface area contributed by atoms with Crippen LogP contribution in [0.5, 0.6) is 0 Å². The number of hydrogen-bond acceptors (Lipinski definition) is 1. The molecule has 103 valence electrons. The number of aryl methyl sites for hydroxylation is 1. The van der Waals surface area contributed by atoms with Gasteiger partial charge in [0.15, 0.2) is 0 Å². The average Bonchev–Trinajstić information content (AvgIpc) is 2.87. The molecule has 0 fully saturated rings. The minimum Gasteiger partial charge on any atom is -1.00 e. The molecule has 0 radical (unpaired) electrons. The molecule has 1 aromatic rings. The van der Waals surface area contributed by atoms with Crippen molar-refractivity contribution < 1.29 is 45.2 Å². The zero-order valence-corrected chi connectivity index (χ0v) is 16.5. The quantitative estimate of drug-likeness (QED) is 0.537. The minimum atomic E-state index is -1.43. The van der Waals surface area contributed by atoms with Crippen molar-refractivity contribution in [3.8, 4) is 0 Å². The van der Waals surface area contributed by atoms with Crippen molar-refractivity contribution in [2.45, 2.75) is 39.3 Å². The standard InChI is InChI=1S/C14H19SSi.2ClH.Ti/c1-4-7-12-10-11-15-14(12)16(2,3)13-8-5-6-9-13;;;/h5,8,10-11H,4,6-7H2,1-3H3;2*1H;/q;;;+2/p-2. The van der Waals surface area contributed by atoms with E-state index < -0.39 is 8.07 Å². The predicted molar refractivity (Wildman–Crippen MR) is 76.2 cm³/mol. The monoisotopic (exact) mass is 365 g/mol. The topological polar surface area (TPSA) is 0 Å². The van der Waals surface area contributed by atoms with E-state index in [0.29, 0.717) is 0 Å². The summed E-state index contributed by atoms with van der Waals surface area (Å²) in [5.74, 6) is 0. The number of allylic oxidation sites excluding steroid dienone is 4. The SMILES string of the molecule is CCCc1ccsc1[Si](C)(C)C1=[C]([Ti+2])CC=C1.[Cl-].[Cl-]. The Morgan fingerprint density at radius 3 is 2.53 bits per heavy atom. The third-order valence-electron chi connectivity index (χ3n) is 3.44. The minimum absolute atomic E-state index is 0. The van der Waals surface area contributed by atoms with Crippen molar-refractivity contribution in [2.24, 2.45) is 0 Å². The molecule has 19 heavy (non-hydrogen) atoms. The molecule has 2 rings (SSSR count). The molecule has 0 unspecified atom stereocenters. The van der Waals surface area contributed by atoms with Gasteiger partial charge in [0.25, 0.3) is 0 Å². The van der Waals surface area contributed by atoms with Gasteiger partial charge in [-0.3, -0.25) is 0 Å². The maximum absolute atomic E-state index is 2.51. The van der Waals surface area contributed by atoms with E-state index in [0.717, 1.165) is 0 Å². The number of thiophene rings is 1. The maximum atomic E-state index is 2.51. The van der Waals surface area contributed by atoms with Crippen molar-refractivity contribution in [3.63, 3.8) is 0 Å². The molecule has 1 aromatic heterocycles. The Labute approximate surface area is 146 Å².